The molecule has 0 aliphatic carbocycles. The largest absolute Gasteiger partial charge is 0.452 e. The van der Waals surface area contributed by atoms with E-state index in [1.807, 2.05) is 0 Å². The zero-order valence-corrected chi connectivity index (χ0v) is 10.2. The van der Waals surface area contributed by atoms with Crippen LogP contribution in [-0.2, 0) is 9.53 Å². The number of amides is 1. The number of benzene rings is 1. The summed E-state index contributed by atoms with van der Waals surface area (Å²) < 4.78 is 18.0. The summed E-state index contributed by atoms with van der Waals surface area (Å²) in [6.07, 6.45) is 1.48. The Labute approximate surface area is 108 Å². The number of hydrogen-bond acceptors (Lipinski definition) is 3. The maximum Gasteiger partial charge on any atom is 0.343 e. The molecule has 0 saturated heterocycles. The molecule has 1 aromatic rings. The average Bonchev–Trinajstić information content (AvgIpc) is 2.33. The van der Waals surface area contributed by atoms with Crippen LogP contribution < -0.4 is 5.32 Å². The topological polar surface area (TPSA) is 55.4 Å². The quantitative estimate of drug-likeness (QED) is 0.658. The average molecular weight is 272 g/mol. The number of hydrogen-bond donors (Lipinski definition) is 1. The molecule has 0 saturated carbocycles. The van der Waals surface area contributed by atoms with Gasteiger partial charge in [0.05, 0.1) is 5.02 Å². The summed E-state index contributed by atoms with van der Waals surface area (Å²) in [4.78, 5) is 22.7. The number of carbonyl (C=O) groups excluding carboxylic acids is 2. The molecule has 0 aromatic heterocycles. The number of carbonyl (C=O) groups is 2. The number of nitrogens with one attached hydrogen (secondary N) is 1. The highest BCUT2D eigenvalue weighted by molar-refractivity contribution is 6.33. The van der Waals surface area contributed by atoms with E-state index in [2.05, 4.69) is 16.6 Å². The fourth-order valence-corrected chi connectivity index (χ4v) is 1.37. The normalized spacial score (nSPS) is 9.67. The molecule has 0 fully saturated rings. The van der Waals surface area contributed by atoms with E-state index in [0.717, 1.165) is 6.07 Å². The van der Waals surface area contributed by atoms with Crippen molar-refractivity contribution >= 4 is 23.5 Å². The molecule has 0 unspecified atom stereocenters. The van der Waals surface area contributed by atoms with E-state index >= 15 is 0 Å². The number of rotatable bonds is 5. The fraction of sp³-hybridized carbons (Fsp3) is 0.167. The minimum Gasteiger partial charge on any atom is -0.452 e. The third-order valence-electron chi connectivity index (χ3n) is 1.94. The van der Waals surface area contributed by atoms with Crippen LogP contribution in [0.15, 0.2) is 30.9 Å². The van der Waals surface area contributed by atoms with Crippen LogP contribution in [0.3, 0.4) is 0 Å². The van der Waals surface area contributed by atoms with E-state index in [9.17, 15) is 14.0 Å². The number of esters is 1. The van der Waals surface area contributed by atoms with Crippen LogP contribution in [0.2, 0.25) is 5.02 Å². The lowest BCUT2D eigenvalue weighted by atomic mass is 10.2. The monoisotopic (exact) mass is 271 g/mol. The Kier molecular flexibility index (Phi) is 5.32. The Morgan fingerprint density at radius 2 is 2.22 bits per heavy atom. The summed E-state index contributed by atoms with van der Waals surface area (Å²) in [6.45, 7) is 3.17. The minimum absolute atomic E-state index is 0.0634. The first-order valence-corrected chi connectivity index (χ1v) is 5.42. The first kappa shape index (κ1) is 14.2. The molecule has 0 spiro atoms. The molecule has 4 nitrogen and oxygen atoms in total. The van der Waals surface area contributed by atoms with E-state index < -0.39 is 24.3 Å². The Morgan fingerprint density at radius 1 is 1.50 bits per heavy atom. The van der Waals surface area contributed by atoms with Crippen molar-refractivity contribution in [2.75, 3.05) is 13.2 Å². The lowest BCUT2D eigenvalue weighted by Gasteiger charge is -2.06. The van der Waals surface area contributed by atoms with Gasteiger partial charge in [-0.25, -0.2) is 9.18 Å². The Balaban J connectivity index is 2.61. The number of halogens is 2. The van der Waals surface area contributed by atoms with Crippen LogP contribution >= 0.6 is 11.6 Å². The van der Waals surface area contributed by atoms with Gasteiger partial charge in [0.2, 0.25) is 0 Å². The van der Waals surface area contributed by atoms with Gasteiger partial charge < -0.3 is 10.1 Å². The molecule has 0 bridgehead atoms. The molecule has 6 heteroatoms. The third kappa shape index (κ3) is 3.85. The van der Waals surface area contributed by atoms with Gasteiger partial charge >= 0.3 is 5.97 Å². The first-order valence-electron chi connectivity index (χ1n) is 5.05. The second-order valence-corrected chi connectivity index (χ2v) is 3.67. The van der Waals surface area contributed by atoms with E-state index in [-0.39, 0.29) is 17.1 Å². The molecule has 1 N–H and O–H groups in total. The SMILES string of the molecule is C=CCNC(=O)COC(=O)c1c(F)cccc1Cl. The van der Waals surface area contributed by atoms with E-state index in [1.165, 1.54) is 18.2 Å². The van der Waals surface area contributed by atoms with Crippen molar-refractivity contribution in [2.24, 2.45) is 0 Å². The van der Waals surface area contributed by atoms with Crippen molar-refractivity contribution in [2.45, 2.75) is 0 Å². The van der Waals surface area contributed by atoms with Crippen molar-refractivity contribution in [3.05, 3.63) is 47.3 Å². The van der Waals surface area contributed by atoms with E-state index in [1.54, 1.807) is 0 Å². The minimum atomic E-state index is -0.980. The lowest BCUT2D eigenvalue weighted by Crippen LogP contribution is -2.29. The van der Waals surface area contributed by atoms with Gasteiger partial charge in [-0.1, -0.05) is 23.7 Å². The highest BCUT2D eigenvalue weighted by atomic mass is 35.5. The van der Waals surface area contributed by atoms with Gasteiger partial charge in [-0.15, -0.1) is 6.58 Å². The zero-order valence-electron chi connectivity index (χ0n) is 9.41. The Bertz CT molecular complexity index is 456. The highest BCUT2D eigenvalue weighted by Gasteiger charge is 2.18. The van der Waals surface area contributed by atoms with Crippen LogP contribution in [0, 0.1) is 5.82 Å². The van der Waals surface area contributed by atoms with Gasteiger partial charge in [-0.3, -0.25) is 4.79 Å². The van der Waals surface area contributed by atoms with Gasteiger partial charge in [-0.05, 0) is 12.1 Å². The summed E-state index contributed by atoms with van der Waals surface area (Å²) in [6, 6.07) is 3.81. The Hall–Kier alpha value is -1.88. The third-order valence-corrected chi connectivity index (χ3v) is 2.26. The van der Waals surface area contributed by atoms with Crippen LogP contribution in [0.5, 0.6) is 0 Å². The first-order chi connectivity index (χ1) is 8.56. The van der Waals surface area contributed by atoms with Crippen LogP contribution in [0.25, 0.3) is 0 Å². The summed E-state index contributed by atoms with van der Waals surface area (Å²) in [7, 11) is 0. The summed E-state index contributed by atoms with van der Waals surface area (Å²) in [5.41, 5.74) is -0.379. The molecule has 0 radical (unpaired) electrons. The molecule has 18 heavy (non-hydrogen) atoms. The van der Waals surface area contributed by atoms with Gasteiger partial charge in [0.25, 0.3) is 5.91 Å². The Morgan fingerprint density at radius 3 is 2.83 bits per heavy atom. The van der Waals surface area contributed by atoms with Gasteiger partial charge in [0, 0.05) is 6.54 Å². The lowest BCUT2D eigenvalue weighted by molar-refractivity contribution is -0.124. The predicted molar refractivity (Wildman–Crippen MR) is 64.9 cm³/mol. The van der Waals surface area contributed by atoms with Gasteiger partial charge in [0.15, 0.2) is 6.61 Å². The molecule has 0 atom stereocenters. The highest BCUT2D eigenvalue weighted by Crippen LogP contribution is 2.19. The summed E-state index contributed by atoms with van der Waals surface area (Å²) in [5.74, 6) is -2.28. The second kappa shape index (κ2) is 6.76. The van der Waals surface area contributed by atoms with Crippen molar-refractivity contribution in [3.63, 3.8) is 0 Å². The van der Waals surface area contributed by atoms with Crippen molar-refractivity contribution in [1.29, 1.82) is 0 Å². The van der Waals surface area contributed by atoms with Crippen molar-refractivity contribution in [3.8, 4) is 0 Å². The van der Waals surface area contributed by atoms with Gasteiger partial charge in [-0.2, -0.15) is 0 Å². The maximum absolute atomic E-state index is 13.3. The second-order valence-electron chi connectivity index (χ2n) is 3.27. The fourth-order valence-electron chi connectivity index (χ4n) is 1.13. The van der Waals surface area contributed by atoms with Crippen molar-refractivity contribution < 1.29 is 18.7 Å². The standard InChI is InChI=1S/C12H11ClFNO3/c1-2-6-15-10(16)7-18-12(17)11-8(13)4-3-5-9(11)14/h2-5H,1,6-7H2,(H,15,16). The smallest absolute Gasteiger partial charge is 0.343 e. The molecule has 96 valence electrons. The van der Waals surface area contributed by atoms with Crippen LogP contribution in [0.4, 0.5) is 4.39 Å². The van der Waals surface area contributed by atoms with E-state index in [4.69, 9.17) is 11.6 Å². The molecule has 1 rings (SSSR count). The molecule has 1 aromatic carbocycles. The maximum atomic E-state index is 13.3. The van der Waals surface area contributed by atoms with Crippen molar-refractivity contribution in [1.82, 2.24) is 5.32 Å². The molecule has 0 aliphatic heterocycles. The van der Waals surface area contributed by atoms with Crippen LogP contribution in [-0.4, -0.2) is 25.0 Å². The zero-order chi connectivity index (χ0) is 13.5. The molecule has 0 aliphatic rings. The molecular weight excluding hydrogens is 261 g/mol. The summed E-state index contributed by atoms with van der Waals surface area (Å²) >= 11 is 5.67. The molecule has 1 amide bonds. The number of ether oxygens (including phenoxy) is 1. The van der Waals surface area contributed by atoms with Gasteiger partial charge in [0.1, 0.15) is 11.4 Å². The van der Waals surface area contributed by atoms with E-state index in [0.29, 0.717) is 0 Å². The molecular formula is C12H11ClFNO3. The van der Waals surface area contributed by atoms with Crippen LogP contribution in [0.1, 0.15) is 10.4 Å². The predicted octanol–water partition coefficient (Wildman–Crippen LogP) is 1.94. The molecule has 0 heterocycles. The summed E-state index contributed by atoms with van der Waals surface area (Å²) in [5, 5.41) is 2.34.